The summed E-state index contributed by atoms with van der Waals surface area (Å²) in [6, 6.07) is 20.2. The number of nitrogens with zero attached hydrogens (tertiary/aromatic N) is 1. The van der Waals surface area contributed by atoms with E-state index in [1.807, 2.05) is 60.7 Å². The quantitative estimate of drug-likeness (QED) is 0.517. The van der Waals surface area contributed by atoms with E-state index < -0.39 is 0 Å². The van der Waals surface area contributed by atoms with E-state index in [2.05, 4.69) is 22.1 Å². The van der Waals surface area contributed by atoms with Crippen LogP contribution < -0.4 is 0 Å². The summed E-state index contributed by atoms with van der Waals surface area (Å²) < 4.78 is 0. The molecule has 1 N–H and O–H groups in total. The van der Waals surface area contributed by atoms with Crippen LogP contribution in [0.25, 0.3) is 34.0 Å². The van der Waals surface area contributed by atoms with Gasteiger partial charge in [-0.15, -0.1) is 0 Å². The molecule has 0 unspecified atom stereocenters. The molecule has 22 heavy (non-hydrogen) atoms. The van der Waals surface area contributed by atoms with Crippen LogP contribution in [0.5, 0.6) is 0 Å². The number of H-pyrrole nitrogens is 1. The first-order chi connectivity index (χ1) is 10.8. The fourth-order valence-electron chi connectivity index (χ4n) is 2.65. The predicted molar refractivity (Wildman–Crippen MR) is 94.0 cm³/mol. The molecule has 106 valence electrons. The molecule has 4 rings (SSSR count). The number of nitrogens with one attached hydrogen (secondary N) is 1. The smallest absolute Gasteiger partial charge is 0.131 e. The number of halogens is 1. The van der Waals surface area contributed by atoms with Gasteiger partial charge in [0, 0.05) is 10.6 Å². The van der Waals surface area contributed by atoms with Crippen molar-refractivity contribution in [1.82, 2.24) is 9.97 Å². The van der Waals surface area contributed by atoms with Crippen LogP contribution in [0, 0.1) is 0 Å². The molecule has 0 amide bonds. The van der Waals surface area contributed by atoms with E-state index in [1.165, 1.54) is 5.39 Å². The van der Waals surface area contributed by atoms with E-state index in [1.54, 1.807) is 0 Å². The molecular formula is C19H13ClN2. The third-order valence-electron chi connectivity index (χ3n) is 3.73. The van der Waals surface area contributed by atoms with E-state index in [-0.39, 0.29) is 0 Å². The Hall–Kier alpha value is -2.58. The van der Waals surface area contributed by atoms with Crippen LogP contribution in [0.15, 0.2) is 60.7 Å². The summed E-state index contributed by atoms with van der Waals surface area (Å²) in [5.74, 6) is 0.824. The average Bonchev–Trinajstić information content (AvgIpc) is 2.97. The molecule has 3 aromatic carbocycles. The second kappa shape index (κ2) is 5.32. The summed E-state index contributed by atoms with van der Waals surface area (Å²) in [5, 5.41) is 3.06. The van der Waals surface area contributed by atoms with Gasteiger partial charge in [0.05, 0.1) is 11.0 Å². The molecule has 0 bridgehead atoms. The Morgan fingerprint density at radius 1 is 0.864 bits per heavy atom. The first-order valence-corrected chi connectivity index (χ1v) is 7.49. The number of rotatable bonds is 2. The Morgan fingerprint density at radius 3 is 2.59 bits per heavy atom. The van der Waals surface area contributed by atoms with Crippen molar-refractivity contribution in [3.05, 3.63) is 77.1 Å². The summed E-state index contributed by atoms with van der Waals surface area (Å²) in [5.41, 5.74) is 3.01. The number of benzene rings is 3. The standard InChI is InChI=1S/C19H13ClN2/c20-16-11-9-13-5-1-2-6-14(13)15(16)10-12-19-21-17-7-3-4-8-18(17)22-19/h1-12H,(H,21,22)/b12-10-. The summed E-state index contributed by atoms with van der Waals surface area (Å²) >= 11 is 6.37. The van der Waals surface area contributed by atoms with Crippen LogP contribution in [-0.4, -0.2) is 9.97 Å². The summed E-state index contributed by atoms with van der Waals surface area (Å²) in [7, 11) is 0. The van der Waals surface area contributed by atoms with Crippen molar-refractivity contribution < 1.29 is 0 Å². The highest BCUT2D eigenvalue weighted by molar-refractivity contribution is 6.33. The van der Waals surface area contributed by atoms with Crippen molar-refractivity contribution >= 4 is 45.6 Å². The van der Waals surface area contributed by atoms with E-state index in [0.29, 0.717) is 0 Å². The predicted octanol–water partition coefficient (Wildman–Crippen LogP) is 5.54. The molecule has 0 aliphatic rings. The second-order valence-corrected chi connectivity index (χ2v) is 5.56. The highest BCUT2D eigenvalue weighted by atomic mass is 35.5. The van der Waals surface area contributed by atoms with Crippen molar-refractivity contribution in [1.29, 1.82) is 0 Å². The fourth-order valence-corrected chi connectivity index (χ4v) is 2.88. The van der Waals surface area contributed by atoms with Gasteiger partial charge in [0.2, 0.25) is 0 Å². The fraction of sp³-hybridized carbons (Fsp3) is 0. The normalized spacial score (nSPS) is 11.7. The molecular weight excluding hydrogens is 292 g/mol. The molecule has 4 aromatic rings. The molecule has 0 fully saturated rings. The number of aromatic amines is 1. The Labute approximate surface area is 133 Å². The van der Waals surface area contributed by atoms with E-state index in [9.17, 15) is 0 Å². The topological polar surface area (TPSA) is 28.7 Å². The molecule has 0 radical (unpaired) electrons. The van der Waals surface area contributed by atoms with Crippen molar-refractivity contribution in [2.75, 3.05) is 0 Å². The average molecular weight is 305 g/mol. The van der Waals surface area contributed by atoms with Crippen molar-refractivity contribution in [2.24, 2.45) is 0 Å². The largest absolute Gasteiger partial charge is 0.338 e. The molecule has 0 saturated carbocycles. The minimum absolute atomic E-state index is 0.742. The van der Waals surface area contributed by atoms with Crippen LogP contribution in [-0.2, 0) is 0 Å². The van der Waals surface area contributed by atoms with E-state index >= 15 is 0 Å². The van der Waals surface area contributed by atoms with Gasteiger partial charge in [0.25, 0.3) is 0 Å². The zero-order valence-electron chi connectivity index (χ0n) is 11.8. The Morgan fingerprint density at radius 2 is 1.68 bits per heavy atom. The molecule has 0 saturated heterocycles. The lowest BCUT2D eigenvalue weighted by atomic mass is 10.0. The van der Waals surface area contributed by atoms with Gasteiger partial charge in [-0.1, -0.05) is 54.1 Å². The summed E-state index contributed by atoms with van der Waals surface area (Å²) in [4.78, 5) is 7.84. The number of hydrogen-bond donors (Lipinski definition) is 1. The zero-order chi connectivity index (χ0) is 14.9. The maximum Gasteiger partial charge on any atom is 0.131 e. The van der Waals surface area contributed by atoms with Crippen LogP contribution in [0.2, 0.25) is 5.02 Å². The molecule has 2 nitrogen and oxygen atoms in total. The Kier molecular flexibility index (Phi) is 3.17. The first kappa shape index (κ1) is 13.1. The van der Waals surface area contributed by atoms with E-state index in [0.717, 1.165) is 32.8 Å². The number of imidazole rings is 1. The van der Waals surface area contributed by atoms with Gasteiger partial charge in [-0.25, -0.2) is 4.98 Å². The number of fused-ring (bicyclic) bond motifs is 2. The van der Waals surface area contributed by atoms with Gasteiger partial charge >= 0.3 is 0 Å². The van der Waals surface area contributed by atoms with Crippen LogP contribution in [0.1, 0.15) is 11.4 Å². The Balaban J connectivity index is 1.81. The van der Waals surface area contributed by atoms with Gasteiger partial charge in [-0.3, -0.25) is 0 Å². The maximum absolute atomic E-state index is 6.37. The molecule has 0 aliphatic carbocycles. The third-order valence-corrected chi connectivity index (χ3v) is 4.06. The molecule has 0 aliphatic heterocycles. The molecule has 1 heterocycles. The number of para-hydroxylation sites is 2. The van der Waals surface area contributed by atoms with Crippen LogP contribution in [0.3, 0.4) is 0 Å². The second-order valence-electron chi connectivity index (χ2n) is 5.15. The van der Waals surface area contributed by atoms with Crippen LogP contribution in [0.4, 0.5) is 0 Å². The van der Waals surface area contributed by atoms with Gasteiger partial charge < -0.3 is 4.98 Å². The summed E-state index contributed by atoms with van der Waals surface area (Å²) in [6.07, 6.45) is 3.98. The monoisotopic (exact) mass is 304 g/mol. The molecule has 1 aromatic heterocycles. The van der Waals surface area contributed by atoms with Crippen molar-refractivity contribution in [2.45, 2.75) is 0 Å². The molecule has 0 atom stereocenters. The van der Waals surface area contributed by atoms with Gasteiger partial charge in [-0.05, 0) is 41.1 Å². The molecule has 3 heteroatoms. The Bertz CT molecular complexity index is 966. The van der Waals surface area contributed by atoms with Gasteiger partial charge in [0.15, 0.2) is 0 Å². The highest BCUT2D eigenvalue weighted by Crippen LogP contribution is 2.27. The minimum Gasteiger partial charge on any atom is -0.338 e. The maximum atomic E-state index is 6.37. The summed E-state index contributed by atoms with van der Waals surface area (Å²) in [6.45, 7) is 0. The SMILES string of the molecule is Clc1ccc2ccccc2c1/C=C\c1nc2ccccc2[nH]1. The zero-order valence-corrected chi connectivity index (χ0v) is 12.5. The third kappa shape index (κ3) is 2.28. The minimum atomic E-state index is 0.742. The number of hydrogen-bond acceptors (Lipinski definition) is 1. The van der Waals surface area contributed by atoms with Crippen molar-refractivity contribution in [3.63, 3.8) is 0 Å². The first-order valence-electron chi connectivity index (χ1n) is 7.11. The van der Waals surface area contributed by atoms with Gasteiger partial charge in [-0.2, -0.15) is 0 Å². The molecule has 0 spiro atoms. The lowest BCUT2D eigenvalue weighted by molar-refractivity contribution is 1.29. The lowest BCUT2D eigenvalue weighted by Crippen LogP contribution is -1.81. The van der Waals surface area contributed by atoms with Crippen molar-refractivity contribution in [3.8, 4) is 0 Å². The number of aromatic nitrogens is 2. The highest BCUT2D eigenvalue weighted by Gasteiger charge is 2.04. The van der Waals surface area contributed by atoms with Crippen LogP contribution >= 0.6 is 11.6 Å². The lowest BCUT2D eigenvalue weighted by Gasteiger charge is -2.04. The van der Waals surface area contributed by atoms with Gasteiger partial charge in [0.1, 0.15) is 5.82 Å². The van der Waals surface area contributed by atoms with E-state index in [4.69, 9.17) is 11.6 Å².